The fourth-order valence-corrected chi connectivity index (χ4v) is 2.91. The average molecular weight is 330 g/mol. The molecular weight excluding hydrogens is 310 g/mol. The van der Waals surface area contributed by atoms with E-state index in [4.69, 9.17) is 0 Å². The van der Waals surface area contributed by atoms with Gasteiger partial charge in [-0.2, -0.15) is 0 Å². The number of amides is 1. The normalized spacial score (nSPS) is 14.2. The molecule has 2 aromatic rings. The third-order valence-electron chi connectivity index (χ3n) is 4.59. The number of anilines is 1. The maximum absolute atomic E-state index is 14.7. The van der Waals surface area contributed by atoms with Gasteiger partial charge in [0.1, 0.15) is 11.6 Å². The van der Waals surface area contributed by atoms with Crippen molar-refractivity contribution in [1.29, 1.82) is 0 Å². The lowest BCUT2D eigenvalue weighted by atomic mass is 9.83. The molecule has 0 bridgehead atoms. The second kappa shape index (κ2) is 6.32. The molecule has 1 heterocycles. The summed E-state index contributed by atoms with van der Waals surface area (Å²) in [5, 5.41) is 5.88. The molecule has 1 aliphatic rings. The number of hydrogen-bond donors (Lipinski definition) is 2. The maximum atomic E-state index is 14.7. The Balaban J connectivity index is 1.85. The van der Waals surface area contributed by atoms with Crippen molar-refractivity contribution in [2.75, 3.05) is 11.9 Å². The van der Waals surface area contributed by atoms with Gasteiger partial charge in [0.25, 0.3) is 0 Å². The Bertz CT molecular complexity index is 770. The first kappa shape index (κ1) is 16.6. The summed E-state index contributed by atoms with van der Waals surface area (Å²) < 4.78 is 27.7. The van der Waals surface area contributed by atoms with Crippen molar-refractivity contribution in [3.05, 3.63) is 64.7 Å². The predicted molar refractivity (Wildman–Crippen MR) is 89.9 cm³/mol. The SMILES string of the molecule is CC(C)(C(=O)Nc1ccc2c(c1F)CCNC2)c1ccc(F)cc1. The van der Waals surface area contributed by atoms with Crippen LogP contribution in [0.25, 0.3) is 0 Å². The Labute approximate surface area is 140 Å². The van der Waals surface area contributed by atoms with Crippen LogP contribution in [-0.2, 0) is 23.2 Å². The van der Waals surface area contributed by atoms with Crippen LogP contribution in [0, 0.1) is 11.6 Å². The number of carbonyl (C=O) groups is 1. The molecule has 2 N–H and O–H groups in total. The maximum Gasteiger partial charge on any atom is 0.234 e. The Hall–Kier alpha value is -2.27. The molecule has 0 aliphatic carbocycles. The quantitative estimate of drug-likeness (QED) is 0.904. The molecule has 0 fully saturated rings. The van der Waals surface area contributed by atoms with Crippen molar-refractivity contribution in [3.8, 4) is 0 Å². The second-order valence-corrected chi connectivity index (χ2v) is 6.58. The van der Waals surface area contributed by atoms with Gasteiger partial charge in [0, 0.05) is 6.54 Å². The van der Waals surface area contributed by atoms with E-state index in [1.807, 2.05) is 6.07 Å². The Kier molecular flexibility index (Phi) is 4.37. The molecule has 1 aliphatic heterocycles. The first-order valence-electron chi connectivity index (χ1n) is 7.98. The summed E-state index contributed by atoms with van der Waals surface area (Å²) in [6, 6.07) is 9.21. The smallest absolute Gasteiger partial charge is 0.234 e. The van der Waals surface area contributed by atoms with E-state index in [2.05, 4.69) is 10.6 Å². The Morgan fingerprint density at radius 3 is 2.54 bits per heavy atom. The van der Waals surface area contributed by atoms with Gasteiger partial charge in [-0.25, -0.2) is 8.78 Å². The van der Waals surface area contributed by atoms with Crippen molar-refractivity contribution in [2.45, 2.75) is 32.2 Å². The van der Waals surface area contributed by atoms with Crippen LogP contribution in [0.2, 0.25) is 0 Å². The molecule has 0 atom stereocenters. The Morgan fingerprint density at radius 1 is 1.12 bits per heavy atom. The zero-order chi connectivity index (χ0) is 17.3. The van der Waals surface area contributed by atoms with Gasteiger partial charge in [-0.1, -0.05) is 18.2 Å². The molecule has 0 radical (unpaired) electrons. The highest BCUT2D eigenvalue weighted by Crippen LogP contribution is 2.28. The van der Waals surface area contributed by atoms with E-state index in [1.54, 1.807) is 32.0 Å². The van der Waals surface area contributed by atoms with Gasteiger partial charge in [0.05, 0.1) is 11.1 Å². The summed E-state index contributed by atoms with van der Waals surface area (Å²) in [5.74, 6) is -1.05. The van der Waals surface area contributed by atoms with Gasteiger partial charge in [0.15, 0.2) is 0 Å². The largest absolute Gasteiger partial charge is 0.323 e. The van der Waals surface area contributed by atoms with Crippen molar-refractivity contribution < 1.29 is 13.6 Å². The van der Waals surface area contributed by atoms with E-state index in [9.17, 15) is 13.6 Å². The Morgan fingerprint density at radius 2 is 1.83 bits per heavy atom. The molecule has 0 saturated carbocycles. The number of benzene rings is 2. The fraction of sp³-hybridized carbons (Fsp3) is 0.316. The van der Waals surface area contributed by atoms with Crippen molar-refractivity contribution in [2.24, 2.45) is 0 Å². The number of hydrogen-bond acceptors (Lipinski definition) is 2. The lowest BCUT2D eigenvalue weighted by Crippen LogP contribution is -2.35. The summed E-state index contributed by atoms with van der Waals surface area (Å²) >= 11 is 0. The minimum atomic E-state index is -0.905. The van der Waals surface area contributed by atoms with E-state index in [0.29, 0.717) is 24.1 Å². The van der Waals surface area contributed by atoms with Crippen LogP contribution in [0.3, 0.4) is 0 Å². The monoisotopic (exact) mass is 330 g/mol. The van der Waals surface area contributed by atoms with Gasteiger partial charge in [0.2, 0.25) is 5.91 Å². The van der Waals surface area contributed by atoms with E-state index in [0.717, 1.165) is 12.1 Å². The summed E-state index contributed by atoms with van der Waals surface area (Å²) in [5.41, 5.74) is 1.54. The first-order valence-corrected chi connectivity index (χ1v) is 7.98. The predicted octanol–water partition coefficient (Wildman–Crippen LogP) is 3.53. The molecule has 2 aromatic carbocycles. The van der Waals surface area contributed by atoms with E-state index in [-0.39, 0.29) is 23.2 Å². The molecule has 0 saturated heterocycles. The highest BCUT2D eigenvalue weighted by atomic mass is 19.1. The van der Waals surface area contributed by atoms with Crippen LogP contribution >= 0.6 is 0 Å². The molecule has 126 valence electrons. The highest BCUT2D eigenvalue weighted by molar-refractivity contribution is 5.98. The number of rotatable bonds is 3. The standard InChI is InChI=1S/C19H20F2N2O/c1-19(2,13-4-6-14(20)7-5-13)18(24)23-16-8-3-12-11-22-10-9-15(12)17(16)21/h3-8,22H,9-11H2,1-2H3,(H,23,24). The zero-order valence-corrected chi connectivity index (χ0v) is 13.7. The summed E-state index contributed by atoms with van der Waals surface area (Å²) in [4.78, 5) is 12.7. The van der Waals surface area contributed by atoms with Gasteiger partial charge in [-0.05, 0) is 61.7 Å². The van der Waals surface area contributed by atoms with Crippen LogP contribution in [0.15, 0.2) is 36.4 Å². The minimum Gasteiger partial charge on any atom is -0.323 e. The molecule has 0 spiro atoms. The van der Waals surface area contributed by atoms with Crippen molar-refractivity contribution in [3.63, 3.8) is 0 Å². The van der Waals surface area contributed by atoms with Crippen LogP contribution < -0.4 is 10.6 Å². The lowest BCUT2D eigenvalue weighted by molar-refractivity contribution is -0.120. The van der Waals surface area contributed by atoms with Crippen LogP contribution in [0.1, 0.15) is 30.5 Å². The van der Waals surface area contributed by atoms with Crippen LogP contribution in [-0.4, -0.2) is 12.5 Å². The summed E-state index contributed by atoms with van der Waals surface area (Å²) in [6.07, 6.45) is 0.603. The van der Waals surface area contributed by atoms with E-state index < -0.39 is 5.41 Å². The number of fused-ring (bicyclic) bond motifs is 1. The molecule has 1 amide bonds. The second-order valence-electron chi connectivity index (χ2n) is 6.58. The van der Waals surface area contributed by atoms with Gasteiger partial charge < -0.3 is 10.6 Å². The molecular formula is C19H20F2N2O. The number of nitrogens with one attached hydrogen (secondary N) is 2. The number of halogens is 2. The number of carbonyl (C=O) groups excluding carboxylic acids is 1. The van der Waals surface area contributed by atoms with E-state index in [1.165, 1.54) is 12.1 Å². The summed E-state index contributed by atoms with van der Waals surface area (Å²) in [7, 11) is 0. The molecule has 24 heavy (non-hydrogen) atoms. The van der Waals surface area contributed by atoms with Gasteiger partial charge in [-0.3, -0.25) is 4.79 Å². The van der Waals surface area contributed by atoms with Crippen molar-refractivity contribution in [1.82, 2.24) is 5.32 Å². The zero-order valence-electron chi connectivity index (χ0n) is 13.7. The molecule has 3 nitrogen and oxygen atoms in total. The molecule has 5 heteroatoms. The lowest BCUT2D eigenvalue weighted by Gasteiger charge is -2.25. The third kappa shape index (κ3) is 3.04. The molecule has 0 aromatic heterocycles. The van der Waals surface area contributed by atoms with Crippen molar-refractivity contribution >= 4 is 11.6 Å². The topological polar surface area (TPSA) is 41.1 Å². The van der Waals surface area contributed by atoms with E-state index >= 15 is 0 Å². The average Bonchev–Trinajstić information content (AvgIpc) is 2.58. The van der Waals surface area contributed by atoms with Crippen LogP contribution in [0.5, 0.6) is 0 Å². The minimum absolute atomic E-state index is 0.191. The van der Waals surface area contributed by atoms with Gasteiger partial charge >= 0.3 is 0 Å². The van der Waals surface area contributed by atoms with Crippen LogP contribution in [0.4, 0.5) is 14.5 Å². The highest BCUT2D eigenvalue weighted by Gasteiger charge is 2.31. The third-order valence-corrected chi connectivity index (χ3v) is 4.59. The fourth-order valence-electron chi connectivity index (χ4n) is 2.91. The molecule has 0 unspecified atom stereocenters. The summed E-state index contributed by atoms with van der Waals surface area (Å²) in [6.45, 7) is 4.83. The first-order chi connectivity index (χ1) is 11.4. The van der Waals surface area contributed by atoms with Gasteiger partial charge in [-0.15, -0.1) is 0 Å². The molecule has 3 rings (SSSR count).